The fourth-order valence-corrected chi connectivity index (χ4v) is 1.36. The van der Waals surface area contributed by atoms with Crippen molar-refractivity contribution < 1.29 is 19.2 Å². The van der Waals surface area contributed by atoms with Crippen LogP contribution < -0.4 is 4.74 Å². The van der Waals surface area contributed by atoms with E-state index in [4.69, 9.17) is 21.4 Å². The second kappa shape index (κ2) is 4.84. The van der Waals surface area contributed by atoms with Gasteiger partial charge in [-0.25, -0.2) is 4.79 Å². The van der Waals surface area contributed by atoms with E-state index in [1.807, 2.05) is 0 Å². The van der Waals surface area contributed by atoms with E-state index in [9.17, 15) is 4.79 Å². The van der Waals surface area contributed by atoms with Crippen molar-refractivity contribution in [2.24, 2.45) is 0 Å². The smallest absolute Gasteiger partial charge is 0.337 e. The fourth-order valence-electron chi connectivity index (χ4n) is 1.16. The maximum atomic E-state index is 10.8. The fraction of sp³-hybridized carbons (Fsp3) is 0.100. The summed E-state index contributed by atoms with van der Waals surface area (Å²) < 4.78 is 9.82. The number of ether oxygens (including phenoxy) is 1. The number of benzene rings is 1. The van der Waals surface area contributed by atoms with Crippen LogP contribution >= 0.6 is 11.6 Å². The van der Waals surface area contributed by atoms with Gasteiger partial charge >= 0.3 is 5.97 Å². The summed E-state index contributed by atoms with van der Waals surface area (Å²) in [7, 11) is 0. The van der Waals surface area contributed by atoms with Crippen LogP contribution in [-0.2, 0) is 6.61 Å². The monoisotopic (exact) mass is 254 g/mol. The van der Waals surface area contributed by atoms with E-state index < -0.39 is 5.97 Å². The lowest BCUT2D eigenvalue weighted by Crippen LogP contribution is -2.01. The van der Waals surface area contributed by atoms with Gasteiger partial charge in [-0.1, -0.05) is 16.8 Å². The zero-order valence-electron chi connectivity index (χ0n) is 8.46. The number of hydrogen-bond acceptors (Lipinski definition) is 5. The Morgan fingerprint density at radius 2 is 2.35 bits per heavy atom. The second-order valence-electron chi connectivity index (χ2n) is 3.08. The minimum atomic E-state index is -1.11. The van der Waals surface area contributed by atoms with Crippen molar-refractivity contribution in [1.29, 1.82) is 0 Å². The molecular weight excluding hydrogens is 248 g/mol. The van der Waals surface area contributed by atoms with E-state index >= 15 is 0 Å². The molecule has 0 unspecified atom stereocenters. The molecule has 6 nitrogen and oxygen atoms in total. The molecule has 0 aliphatic rings. The molecule has 0 radical (unpaired) electrons. The molecule has 0 spiro atoms. The lowest BCUT2D eigenvalue weighted by molar-refractivity contribution is 0.0696. The molecule has 0 aliphatic carbocycles. The van der Waals surface area contributed by atoms with Gasteiger partial charge in [-0.15, -0.1) is 0 Å². The van der Waals surface area contributed by atoms with Crippen molar-refractivity contribution in [3.63, 3.8) is 0 Å². The number of carbonyl (C=O) groups is 1. The highest BCUT2D eigenvalue weighted by molar-refractivity contribution is 6.33. The second-order valence-corrected chi connectivity index (χ2v) is 3.49. The van der Waals surface area contributed by atoms with Crippen LogP contribution in [-0.4, -0.2) is 21.2 Å². The quantitative estimate of drug-likeness (QED) is 0.898. The largest absolute Gasteiger partial charge is 0.485 e. The average molecular weight is 255 g/mol. The first-order valence-corrected chi connectivity index (χ1v) is 4.95. The van der Waals surface area contributed by atoms with Gasteiger partial charge in [0.1, 0.15) is 5.75 Å². The van der Waals surface area contributed by atoms with Crippen LogP contribution in [0.1, 0.15) is 16.2 Å². The topological polar surface area (TPSA) is 85.5 Å². The highest BCUT2D eigenvalue weighted by Crippen LogP contribution is 2.22. The third kappa shape index (κ3) is 2.73. The molecule has 0 amide bonds. The Hall–Kier alpha value is -2.08. The average Bonchev–Trinajstić information content (AvgIpc) is 2.80. The number of rotatable bonds is 4. The zero-order valence-corrected chi connectivity index (χ0v) is 9.22. The molecule has 2 rings (SSSR count). The van der Waals surface area contributed by atoms with Gasteiger partial charge in [0.25, 0.3) is 0 Å². The van der Waals surface area contributed by atoms with Crippen LogP contribution in [0.3, 0.4) is 0 Å². The molecular formula is C10H7ClN2O4. The standard InChI is InChI=1S/C10H7ClN2O4/c11-8-2-1-6(3-7(8)10(14)15)16-4-9-12-5-17-13-9/h1-3,5H,4H2,(H,14,15). The van der Waals surface area contributed by atoms with Crippen molar-refractivity contribution in [1.82, 2.24) is 10.1 Å². The van der Waals surface area contributed by atoms with Gasteiger partial charge in [-0.3, -0.25) is 0 Å². The summed E-state index contributed by atoms with van der Waals surface area (Å²) in [6, 6.07) is 4.36. The van der Waals surface area contributed by atoms with Crippen LogP contribution in [0.15, 0.2) is 29.1 Å². The van der Waals surface area contributed by atoms with Gasteiger partial charge < -0.3 is 14.4 Å². The van der Waals surface area contributed by atoms with E-state index in [1.165, 1.54) is 18.5 Å². The summed E-state index contributed by atoms with van der Waals surface area (Å²) >= 11 is 5.71. The number of aromatic carboxylic acids is 1. The van der Waals surface area contributed by atoms with E-state index in [2.05, 4.69) is 14.7 Å². The normalized spacial score (nSPS) is 10.2. The van der Waals surface area contributed by atoms with Gasteiger partial charge in [0.05, 0.1) is 10.6 Å². The van der Waals surface area contributed by atoms with Crippen LogP contribution in [0, 0.1) is 0 Å². The van der Waals surface area contributed by atoms with E-state index in [1.54, 1.807) is 6.07 Å². The Bertz CT molecular complexity index is 527. The van der Waals surface area contributed by atoms with E-state index in [0.29, 0.717) is 11.6 Å². The summed E-state index contributed by atoms with van der Waals surface area (Å²) in [5, 5.41) is 12.6. The molecule has 0 saturated carbocycles. The van der Waals surface area contributed by atoms with Crippen LogP contribution in [0.2, 0.25) is 5.02 Å². The minimum absolute atomic E-state index is 0.0164. The SMILES string of the molecule is O=C(O)c1cc(OCc2ncon2)ccc1Cl. The van der Waals surface area contributed by atoms with Crippen LogP contribution in [0.25, 0.3) is 0 Å². The van der Waals surface area contributed by atoms with Crippen molar-refractivity contribution in [3.05, 3.63) is 41.0 Å². The predicted molar refractivity (Wildman–Crippen MR) is 57.0 cm³/mol. The van der Waals surface area contributed by atoms with E-state index in [-0.39, 0.29) is 17.2 Å². The molecule has 0 bridgehead atoms. The molecule has 7 heteroatoms. The first-order valence-electron chi connectivity index (χ1n) is 4.57. The summed E-state index contributed by atoms with van der Waals surface area (Å²) in [6.45, 7) is 0.0944. The van der Waals surface area contributed by atoms with Crippen molar-refractivity contribution >= 4 is 17.6 Å². The highest BCUT2D eigenvalue weighted by Gasteiger charge is 2.10. The van der Waals surface area contributed by atoms with Crippen molar-refractivity contribution in [2.45, 2.75) is 6.61 Å². The lowest BCUT2D eigenvalue weighted by Gasteiger charge is -2.05. The molecule has 0 aliphatic heterocycles. The Morgan fingerprint density at radius 3 is 3.00 bits per heavy atom. The van der Waals surface area contributed by atoms with Crippen LogP contribution in [0.4, 0.5) is 0 Å². The number of carboxylic acid groups (broad SMARTS) is 1. The van der Waals surface area contributed by atoms with E-state index in [0.717, 1.165) is 0 Å². The first kappa shape index (κ1) is 11.4. The molecule has 1 N–H and O–H groups in total. The maximum Gasteiger partial charge on any atom is 0.337 e. The van der Waals surface area contributed by atoms with Crippen molar-refractivity contribution in [2.75, 3.05) is 0 Å². The first-order chi connectivity index (χ1) is 8.16. The Morgan fingerprint density at radius 1 is 1.53 bits per heavy atom. The molecule has 1 aromatic carbocycles. The third-order valence-corrected chi connectivity index (χ3v) is 2.27. The Kier molecular flexibility index (Phi) is 3.24. The Balaban J connectivity index is 2.11. The third-order valence-electron chi connectivity index (χ3n) is 1.94. The Labute approximate surface area is 101 Å². The molecule has 1 aromatic heterocycles. The number of aromatic nitrogens is 2. The van der Waals surface area contributed by atoms with Crippen molar-refractivity contribution in [3.8, 4) is 5.75 Å². The number of halogens is 1. The molecule has 0 fully saturated rings. The molecule has 2 aromatic rings. The summed E-state index contributed by atoms with van der Waals surface area (Å²) in [5.74, 6) is -0.367. The number of carboxylic acids is 1. The zero-order chi connectivity index (χ0) is 12.3. The van der Waals surface area contributed by atoms with Gasteiger partial charge in [0.2, 0.25) is 12.2 Å². The molecule has 0 saturated heterocycles. The number of hydrogen-bond donors (Lipinski definition) is 1. The van der Waals surface area contributed by atoms with Crippen LogP contribution in [0.5, 0.6) is 5.75 Å². The molecule has 88 valence electrons. The predicted octanol–water partition coefficient (Wildman–Crippen LogP) is 2.00. The summed E-state index contributed by atoms with van der Waals surface area (Å²) in [5.41, 5.74) is -0.0164. The summed E-state index contributed by atoms with van der Waals surface area (Å²) in [6.07, 6.45) is 1.18. The lowest BCUT2D eigenvalue weighted by atomic mass is 10.2. The maximum absolute atomic E-state index is 10.8. The minimum Gasteiger partial charge on any atom is -0.485 e. The molecule has 0 atom stereocenters. The van der Waals surface area contributed by atoms with Gasteiger partial charge in [0.15, 0.2) is 6.61 Å². The van der Waals surface area contributed by atoms with Gasteiger partial charge in [-0.2, -0.15) is 4.98 Å². The number of nitrogens with zero attached hydrogens (tertiary/aromatic N) is 2. The highest BCUT2D eigenvalue weighted by atomic mass is 35.5. The molecule has 1 heterocycles. The molecule has 17 heavy (non-hydrogen) atoms. The summed E-state index contributed by atoms with van der Waals surface area (Å²) in [4.78, 5) is 14.6. The van der Waals surface area contributed by atoms with Gasteiger partial charge in [0, 0.05) is 0 Å². The van der Waals surface area contributed by atoms with Gasteiger partial charge in [-0.05, 0) is 18.2 Å².